The van der Waals surface area contributed by atoms with Gasteiger partial charge in [0.1, 0.15) is 121 Å². The molecule has 4 aromatic rings. The fourth-order valence-corrected chi connectivity index (χ4v) is 10.1. The highest BCUT2D eigenvalue weighted by Gasteiger charge is 2.51. The number of carbonyl (C=O) groups excluding carboxylic acids is 2. The van der Waals surface area contributed by atoms with Gasteiger partial charge in [0.25, 0.3) is 11.9 Å². The minimum Gasteiger partial charge on any atom is -0.571 e. The predicted molar refractivity (Wildman–Crippen MR) is 297 cm³/mol. The number of carbonyl (C=O) groups is 2. The molecular formula is C59H69O30+. The molecule has 9 rings (SSSR count). The largest absolute Gasteiger partial charge is 0.571 e. The Morgan fingerprint density at radius 2 is 1.06 bits per heavy atom. The zero-order valence-corrected chi connectivity index (χ0v) is 47.4. The van der Waals surface area contributed by atoms with Crippen molar-refractivity contribution >= 4 is 30.2 Å². The predicted octanol–water partition coefficient (Wildman–Crippen LogP) is -2.29. The second-order valence-electron chi connectivity index (χ2n) is 21.2. The maximum atomic E-state index is 13.1. The van der Waals surface area contributed by atoms with Crippen molar-refractivity contribution in [1.29, 1.82) is 0 Å². The summed E-state index contributed by atoms with van der Waals surface area (Å²) in [5.74, 6) is -3.03. The number of hydrogen-bond acceptors (Lipinski definition) is 29. The maximum Gasteiger partial charge on any atom is 0.331 e. The molecule has 4 aromatic carbocycles. The van der Waals surface area contributed by atoms with Crippen LogP contribution in [0.15, 0.2) is 90.7 Å². The number of benzene rings is 4. The molecule has 0 aliphatic carbocycles. The Hall–Kier alpha value is -7.44. The van der Waals surface area contributed by atoms with Crippen LogP contribution < -0.4 is 18.9 Å². The van der Waals surface area contributed by atoms with Crippen molar-refractivity contribution in [2.24, 2.45) is 0 Å². The minimum absolute atomic E-state index is 0.0147. The van der Waals surface area contributed by atoms with E-state index in [-0.39, 0.29) is 57.1 Å². The number of phenols is 3. The van der Waals surface area contributed by atoms with Gasteiger partial charge in [-0.1, -0.05) is 24.3 Å². The van der Waals surface area contributed by atoms with Gasteiger partial charge in [0, 0.05) is 24.3 Å². The van der Waals surface area contributed by atoms with E-state index < -0.39 is 166 Å². The van der Waals surface area contributed by atoms with Gasteiger partial charge in [-0.25, -0.2) is 9.59 Å². The first kappa shape index (κ1) is 66.0. The second-order valence-corrected chi connectivity index (χ2v) is 21.2. The van der Waals surface area contributed by atoms with Crippen molar-refractivity contribution in [1.82, 2.24) is 0 Å². The van der Waals surface area contributed by atoms with E-state index >= 15 is 0 Å². The summed E-state index contributed by atoms with van der Waals surface area (Å²) in [6, 6.07) is 16.9. The number of hydrogen-bond donors (Lipinski definition) is 15. The molecule has 0 aromatic heterocycles. The highest BCUT2D eigenvalue weighted by molar-refractivity contribution is 5.87. The lowest BCUT2D eigenvalue weighted by atomic mass is 9.97. The molecule has 0 amide bonds. The number of methoxy groups -OCH3 is 2. The summed E-state index contributed by atoms with van der Waals surface area (Å²) in [6.07, 6.45) is -29.0. The Labute approximate surface area is 505 Å². The van der Waals surface area contributed by atoms with Gasteiger partial charge < -0.3 is 138 Å². The number of aliphatic hydroxyl groups excluding tert-OH is 12. The third kappa shape index (κ3) is 14.9. The molecule has 30 nitrogen and oxygen atoms in total. The van der Waals surface area contributed by atoms with Gasteiger partial charge in [0.15, 0.2) is 29.7 Å². The van der Waals surface area contributed by atoms with Crippen molar-refractivity contribution in [3.8, 4) is 46.0 Å². The van der Waals surface area contributed by atoms with E-state index in [0.717, 1.165) is 18.2 Å². The Morgan fingerprint density at radius 1 is 0.539 bits per heavy atom. The standard InChI is InChI=1S/C59H68O30/c1-24-54(89-41(64)15-9-26-6-12-30(13-7-26)82-57-50(73)47(70)44(67)38(87-57)22-79-40(63)14-8-25-4-10-28(61)11-5-25)49(72)53(76)56(81-24)80-23-39-45(68)48(71)52(75)59(88-39)85-36-20-31-32(83-55(36)27-16-34(77-2)42(65)35(17-27)78-3)18-29(62)19-33(31)84-58-51(74)46(69)43(66)37(21-60)86-58/h4-20,24,37-39,43-62,65-76H,21-23H2,1-3H3/p+1/b14-8+,15-9+/t24-,37-,38+,39+,43+,44-,45-,46-,47-,48+,49+,50+,51+,52+,53-,54-,55?,56+,57+,58+,59+/m0/s1. The van der Waals surface area contributed by atoms with E-state index in [1.165, 1.54) is 94.0 Å². The van der Waals surface area contributed by atoms with Crippen molar-refractivity contribution in [2.45, 2.75) is 136 Å². The van der Waals surface area contributed by atoms with Crippen LogP contribution >= 0.6 is 0 Å². The van der Waals surface area contributed by atoms with Gasteiger partial charge >= 0.3 is 11.9 Å². The van der Waals surface area contributed by atoms with Crippen LogP contribution in [0.5, 0.6) is 46.0 Å². The molecule has 0 radical (unpaired) electrons. The topological polar surface area (TPSA) is 461 Å². The number of fused-ring (bicyclic) bond motifs is 1. The molecule has 484 valence electrons. The second kappa shape index (κ2) is 28.6. The molecule has 16 N–H and O–H groups in total. The third-order valence-electron chi connectivity index (χ3n) is 15.1. The van der Waals surface area contributed by atoms with E-state index in [4.69, 9.17) is 61.6 Å². The Bertz CT molecular complexity index is 3130. The van der Waals surface area contributed by atoms with Crippen LogP contribution in [0.2, 0.25) is 0 Å². The smallest absolute Gasteiger partial charge is 0.331 e. The molecule has 5 aliphatic heterocycles. The maximum absolute atomic E-state index is 13.1. The number of aromatic hydroxyl groups is 4. The Kier molecular flexibility index (Phi) is 21.2. The van der Waals surface area contributed by atoms with Crippen molar-refractivity contribution in [2.75, 3.05) is 34.0 Å². The number of ether oxygens (including phenoxy) is 13. The summed E-state index contributed by atoms with van der Waals surface area (Å²) in [4.78, 5) is 25.4. The molecule has 4 fully saturated rings. The fourth-order valence-electron chi connectivity index (χ4n) is 10.1. The highest BCUT2D eigenvalue weighted by Crippen LogP contribution is 2.49. The zero-order chi connectivity index (χ0) is 64.1. The van der Waals surface area contributed by atoms with E-state index in [9.17, 15) is 86.2 Å². The molecule has 1 unspecified atom stereocenters. The van der Waals surface area contributed by atoms with Crippen LogP contribution in [0.1, 0.15) is 35.3 Å². The molecule has 5 heterocycles. The van der Waals surface area contributed by atoms with Crippen LogP contribution in [0.4, 0.5) is 0 Å². The fraction of sp³-hybridized carbons (Fsp3) is 0.458. The molecule has 89 heavy (non-hydrogen) atoms. The van der Waals surface area contributed by atoms with E-state index in [2.05, 4.69) is 0 Å². The number of phenolic OH excluding ortho intramolecular Hbond substituents is 3. The summed E-state index contributed by atoms with van der Waals surface area (Å²) < 4.78 is 72.8. The van der Waals surface area contributed by atoms with Gasteiger partial charge in [-0.3, -0.25) is 0 Å². The number of rotatable bonds is 20. The van der Waals surface area contributed by atoms with Gasteiger partial charge in [0.05, 0.1) is 45.2 Å². The van der Waals surface area contributed by atoms with E-state index in [1.807, 2.05) is 0 Å². The summed E-state index contributed by atoms with van der Waals surface area (Å²) in [5.41, 5.74) is 1.25. The first-order valence-corrected chi connectivity index (χ1v) is 27.7. The molecule has 4 saturated heterocycles. The van der Waals surface area contributed by atoms with Crippen LogP contribution in [-0.4, -0.2) is 250 Å². The molecule has 0 saturated carbocycles. The molecule has 30 heteroatoms. The zero-order valence-electron chi connectivity index (χ0n) is 47.4. The monoisotopic (exact) mass is 1260 g/mol. The van der Waals surface area contributed by atoms with Crippen LogP contribution in [0, 0.1) is 0 Å². The van der Waals surface area contributed by atoms with Crippen LogP contribution in [-0.2, 0) is 47.5 Å². The van der Waals surface area contributed by atoms with Gasteiger partial charge in [0.2, 0.25) is 24.6 Å². The SMILES string of the molecule is COc1cc(C2[OH+]c3cc(O)cc(O[C@@H]4O[C@@H](CO)[C@@H](O)[C@H](O)[C@H]4O)c3C=C2O[C@@H]2O[C@H](CO[C@@H]3O[C@@H](C)[C@H](OC(=O)/C=C/c4ccc(O[C@@H]5O[C@H](COC(=O)/C=C/c6ccc(O)cc6)[C@H](O)[C@H](O)[C@H]5O)cc4)[C@H](O)[C@@H]3O)[C@H](O)[C@@H](O)[C@H]2O)cc(OC)c1O. The first-order valence-electron chi connectivity index (χ1n) is 27.7. The molecule has 21 atom stereocenters. The Balaban J connectivity index is 0.817. The Morgan fingerprint density at radius 3 is 1.64 bits per heavy atom. The van der Waals surface area contributed by atoms with E-state index in [1.54, 1.807) is 12.1 Å². The van der Waals surface area contributed by atoms with Gasteiger partial charge in [-0.15, -0.1) is 0 Å². The summed E-state index contributed by atoms with van der Waals surface area (Å²) in [7, 11) is 2.54. The van der Waals surface area contributed by atoms with Crippen molar-refractivity contribution in [3.63, 3.8) is 0 Å². The lowest BCUT2D eigenvalue weighted by Crippen LogP contribution is -2.61. The first-order chi connectivity index (χ1) is 42.5. The average molecular weight is 1260 g/mol. The summed E-state index contributed by atoms with van der Waals surface area (Å²) in [5, 5.41) is 160. The van der Waals surface area contributed by atoms with Crippen LogP contribution in [0.25, 0.3) is 18.2 Å². The molecule has 0 spiro atoms. The number of aliphatic hydroxyl groups is 13. The van der Waals surface area contributed by atoms with E-state index in [0.29, 0.717) is 11.1 Å². The van der Waals surface area contributed by atoms with Crippen molar-refractivity contribution < 1.29 is 148 Å². The van der Waals surface area contributed by atoms with Crippen molar-refractivity contribution in [3.05, 3.63) is 113 Å². The minimum atomic E-state index is -2.01. The molecule has 0 bridgehead atoms. The quantitative estimate of drug-likeness (QED) is 0.0252. The highest BCUT2D eigenvalue weighted by atomic mass is 16.7. The normalized spacial score (nSPS) is 33.7. The molecule has 5 aliphatic rings. The van der Waals surface area contributed by atoms with Crippen LogP contribution in [0.3, 0.4) is 0 Å². The molecular weight excluding hydrogens is 1190 g/mol. The average Bonchev–Trinajstić information content (AvgIpc) is 1.16. The number of esters is 2. The lowest BCUT2D eigenvalue weighted by molar-refractivity contribution is -0.325. The van der Waals surface area contributed by atoms with Gasteiger partial charge in [-0.05, 0) is 66.6 Å². The van der Waals surface area contributed by atoms with Gasteiger partial charge in [-0.2, -0.15) is 0 Å². The summed E-state index contributed by atoms with van der Waals surface area (Å²) in [6.45, 7) is -0.609. The third-order valence-corrected chi connectivity index (χ3v) is 15.1. The lowest BCUT2D eigenvalue weighted by Gasteiger charge is -2.43. The summed E-state index contributed by atoms with van der Waals surface area (Å²) >= 11 is 0.